The Balaban J connectivity index is 1.77. The van der Waals surface area contributed by atoms with E-state index < -0.39 is 17.3 Å². The zero-order valence-corrected chi connectivity index (χ0v) is 17.7. The second-order valence-electron chi connectivity index (χ2n) is 8.08. The molecule has 0 unspecified atom stereocenters. The Morgan fingerprint density at radius 2 is 1.85 bits per heavy atom. The highest BCUT2D eigenvalue weighted by molar-refractivity contribution is 6.17. The van der Waals surface area contributed by atoms with Gasteiger partial charge in [0, 0.05) is 18.3 Å². The Morgan fingerprint density at radius 3 is 2.68 bits per heavy atom. The summed E-state index contributed by atoms with van der Waals surface area (Å²) >= 11 is 0. The van der Waals surface area contributed by atoms with Crippen molar-refractivity contribution in [3.63, 3.8) is 0 Å². The summed E-state index contributed by atoms with van der Waals surface area (Å²) in [6, 6.07) is 19.6. The van der Waals surface area contributed by atoms with Crippen molar-refractivity contribution in [2.24, 2.45) is 0 Å². The first-order valence-electron chi connectivity index (χ1n) is 10.6. The van der Waals surface area contributed by atoms with Gasteiger partial charge in [0.2, 0.25) is 0 Å². The average molecular weight is 452 g/mol. The number of rotatable bonds is 4. The third-order valence-electron chi connectivity index (χ3n) is 6.22. The molecule has 34 heavy (non-hydrogen) atoms. The molecule has 0 saturated carbocycles. The summed E-state index contributed by atoms with van der Waals surface area (Å²) in [5.41, 5.74) is 1.22. The highest BCUT2D eigenvalue weighted by Crippen LogP contribution is 2.40. The van der Waals surface area contributed by atoms with Gasteiger partial charge in [0.25, 0.3) is 5.56 Å². The van der Waals surface area contributed by atoms with Crippen molar-refractivity contribution in [1.29, 1.82) is 0 Å². The van der Waals surface area contributed by atoms with Crippen LogP contribution in [0.25, 0.3) is 43.8 Å². The lowest BCUT2D eigenvalue weighted by Gasteiger charge is -2.12. The summed E-state index contributed by atoms with van der Waals surface area (Å²) in [4.78, 5) is 28.0. The number of hydrogen-bond donors (Lipinski definition) is 2. The highest BCUT2D eigenvalue weighted by Gasteiger charge is 2.29. The number of fused-ring (bicyclic) bond motifs is 4. The second kappa shape index (κ2) is 7.45. The molecule has 3 aromatic heterocycles. The van der Waals surface area contributed by atoms with Crippen molar-refractivity contribution in [3.8, 4) is 11.1 Å². The number of carboxylic acids is 1. The molecule has 7 heteroatoms. The quantitative estimate of drug-likeness (QED) is 0.355. The monoisotopic (exact) mass is 452 g/mol. The summed E-state index contributed by atoms with van der Waals surface area (Å²) in [6.07, 6.45) is 2.83. The van der Waals surface area contributed by atoms with Gasteiger partial charge in [0.05, 0.1) is 28.1 Å². The van der Waals surface area contributed by atoms with E-state index in [1.54, 1.807) is 16.7 Å². The van der Waals surface area contributed by atoms with Crippen LogP contribution in [-0.2, 0) is 6.54 Å². The summed E-state index contributed by atoms with van der Waals surface area (Å²) in [5.74, 6) is -1.76. The van der Waals surface area contributed by atoms with E-state index in [0.29, 0.717) is 10.9 Å². The smallest absolute Gasteiger partial charge is 0.353 e. The van der Waals surface area contributed by atoms with E-state index in [4.69, 9.17) is 4.42 Å². The van der Waals surface area contributed by atoms with Crippen LogP contribution in [0.3, 0.4) is 0 Å². The molecule has 6 rings (SSSR count). The number of halogens is 1. The number of aromatic amines is 1. The number of aromatic carboxylic acids is 1. The van der Waals surface area contributed by atoms with Gasteiger partial charge in [-0.3, -0.25) is 4.79 Å². The molecular formula is C27H17FN2O4. The first-order valence-corrected chi connectivity index (χ1v) is 10.6. The zero-order chi connectivity index (χ0) is 23.4. The number of pyridine rings is 1. The molecule has 0 aliphatic carbocycles. The van der Waals surface area contributed by atoms with E-state index in [1.807, 2.05) is 42.5 Å². The van der Waals surface area contributed by atoms with Crippen LogP contribution in [0.15, 0.2) is 88.4 Å². The zero-order valence-electron chi connectivity index (χ0n) is 17.7. The Labute approximate surface area is 191 Å². The maximum atomic E-state index is 15.1. The Morgan fingerprint density at radius 1 is 1.03 bits per heavy atom. The van der Waals surface area contributed by atoms with Crippen LogP contribution in [0.2, 0.25) is 0 Å². The fourth-order valence-corrected chi connectivity index (χ4v) is 4.77. The van der Waals surface area contributed by atoms with Gasteiger partial charge in [-0.2, -0.15) is 0 Å². The van der Waals surface area contributed by atoms with E-state index in [1.165, 1.54) is 24.6 Å². The Hall–Kier alpha value is -4.65. The molecule has 0 bridgehead atoms. The van der Waals surface area contributed by atoms with E-state index in [-0.39, 0.29) is 34.3 Å². The topological polar surface area (TPSA) is 88.2 Å². The van der Waals surface area contributed by atoms with Crippen LogP contribution in [0.4, 0.5) is 4.39 Å². The molecule has 0 aliphatic heterocycles. The van der Waals surface area contributed by atoms with Crippen molar-refractivity contribution < 1.29 is 18.7 Å². The summed E-state index contributed by atoms with van der Waals surface area (Å²) in [6.45, 7) is 0.163. The van der Waals surface area contributed by atoms with Gasteiger partial charge in [-0.15, -0.1) is 0 Å². The Bertz CT molecular complexity index is 1800. The molecule has 0 aliphatic rings. The highest BCUT2D eigenvalue weighted by atomic mass is 19.1. The maximum absolute atomic E-state index is 15.1. The number of H-pyrrole nitrogens is 1. The minimum atomic E-state index is -1.23. The van der Waals surface area contributed by atoms with Gasteiger partial charge in [-0.05, 0) is 40.6 Å². The third kappa shape index (κ3) is 2.87. The van der Waals surface area contributed by atoms with Gasteiger partial charge in [0.1, 0.15) is 17.1 Å². The number of carboxylic acid groups (broad SMARTS) is 1. The van der Waals surface area contributed by atoms with Gasteiger partial charge in [0.15, 0.2) is 0 Å². The molecular weight excluding hydrogens is 435 g/mol. The van der Waals surface area contributed by atoms with E-state index in [2.05, 4.69) is 4.98 Å². The molecule has 0 fully saturated rings. The molecule has 6 aromatic rings. The molecule has 2 N–H and O–H groups in total. The van der Waals surface area contributed by atoms with Crippen molar-refractivity contribution >= 4 is 38.6 Å². The largest absolute Gasteiger partial charge is 0.477 e. The number of nitrogens with zero attached hydrogens (tertiary/aromatic N) is 1. The molecule has 0 amide bonds. The van der Waals surface area contributed by atoms with Gasteiger partial charge in [-0.1, -0.05) is 42.5 Å². The first-order chi connectivity index (χ1) is 16.5. The molecule has 3 aromatic carbocycles. The van der Waals surface area contributed by atoms with Gasteiger partial charge < -0.3 is 19.1 Å². The predicted molar refractivity (Wildman–Crippen MR) is 128 cm³/mol. The average Bonchev–Trinajstić information content (AvgIpc) is 3.44. The molecule has 0 spiro atoms. The van der Waals surface area contributed by atoms with Crippen LogP contribution in [0, 0.1) is 5.82 Å². The Kier molecular flexibility index (Phi) is 4.38. The van der Waals surface area contributed by atoms with Crippen LogP contribution in [0.1, 0.15) is 16.1 Å². The molecule has 6 nitrogen and oxygen atoms in total. The maximum Gasteiger partial charge on any atom is 0.353 e. The summed E-state index contributed by atoms with van der Waals surface area (Å²) in [5, 5.41) is 12.9. The minimum absolute atomic E-state index is 0.108. The molecule has 166 valence electrons. The van der Waals surface area contributed by atoms with E-state index in [0.717, 1.165) is 16.3 Å². The van der Waals surface area contributed by atoms with Gasteiger partial charge >= 0.3 is 5.97 Å². The standard InChI is InChI=1S/C27H17FN2O4/c28-20-13-21-23(25-18(20)10-12-34-25)22(19-9-4-11-29-26(19)31)24(27(32)33)30(21)14-16-7-3-6-15-5-1-2-8-17(15)16/h1-13H,14H2,(H,29,31)(H,32,33). The van der Waals surface area contributed by atoms with Crippen molar-refractivity contribution in [2.45, 2.75) is 6.54 Å². The SMILES string of the molecule is O=C(O)c1c(-c2ccc[nH]c2=O)c2c3occc3c(F)cc2n1Cc1cccc2ccccc12. The molecule has 0 saturated heterocycles. The van der Waals surface area contributed by atoms with Crippen molar-refractivity contribution in [3.05, 3.63) is 107 Å². The second-order valence-corrected chi connectivity index (χ2v) is 8.08. The van der Waals surface area contributed by atoms with Crippen molar-refractivity contribution in [1.82, 2.24) is 9.55 Å². The number of furan rings is 1. The number of carbonyl (C=O) groups is 1. The van der Waals surface area contributed by atoms with E-state index >= 15 is 4.39 Å². The van der Waals surface area contributed by atoms with Crippen LogP contribution in [-0.4, -0.2) is 20.6 Å². The fourth-order valence-electron chi connectivity index (χ4n) is 4.77. The lowest BCUT2D eigenvalue weighted by Crippen LogP contribution is -2.13. The predicted octanol–water partition coefficient (Wildman–Crippen LogP) is 5.78. The summed E-state index contributed by atoms with van der Waals surface area (Å²) in [7, 11) is 0. The first kappa shape index (κ1) is 20.0. The van der Waals surface area contributed by atoms with Crippen LogP contribution in [0.5, 0.6) is 0 Å². The molecule has 3 heterocycles. The van der Waals surface area contributed by atoms with Crippen LogP contribution >= 0.6 is 0 Å². The number of aromatic nitrogens is 2. The van der Waals surface area contributed by atoms with E-state index in [9.17, 15) is 14.7 Å². The molecule has 0 atom stereocenters. The molecule has 0 radical (unpaired) electrons. The number of hydrogen-bond acceptors (Lipinski definition) is 3. The van der Waals surface area contributed by atoms with Gasteiger partial charge in [-0.25, -0.2) is 9.18 Å². The van der Waals surface area contributed by atoms with Crippen molar-refractivity contribution in [2.75, 3.05) is 0 Å². The lowest BCUT2D eigenvalue weighted by molar-refractivity contribution is 0.0687. The lowest BCUT2D eigenvalue weighted by atomic mass is 10.0. The van der Waals surface area contributed by atoms with Crippen LogP contribution < -0.4 is 5.56 Å². The number of benzene rings is 3. The fraction of sp³-hybridized carbons (Fsp3) is 0.0370. The summed E-state index contributed by atoms with van der Waals surface area (Å²) < 4.78 is 22.2. The third-order valence-corrected chi connectivity index (χ3v) is 6.22. The normalized spacial score (nSPS) is 11.6. The minimum Gasteiger partial charge on any atom is -0.477 e. The number of nitrogens with one attached hydrogen (secondary N) is 1.